The molecule has 0 atom stereocenters. The van der Waals surface area contributed by atoms with Crippen LogP contribution in [0, 0.1) is 37.1 Å². The Hall–Kier alpha value is -2.62. The summed E-state index contributed by atoms with van der Waals surface area (Å²) in [6.45, 7) is 3.16. The first-order chi connectivity index (χ1) is 12.3. The van der Waals surface area contributed by atoms with Gasteiger partial charge in [-0.1, -0.05) is 24.3 Å². The quantitative estimate of drug-likeness (QED) is 0.499. The lowest BCUT2D eigenvalue weighted by atomic mass is 9.98. The van der Waals surface area contributed by atoms with E-state index in [9.17, 15) is 17.6 Å². The summed E-state index contributed by atoms with van der Waals surface area (Å²) in [6.07, 6.45) is 0.357. The molecule has 0 spiro atoms. The first-order valence-electron chi connectivity index (χ1n) is 8.30. The molecular formula is C22H18F4. The Labute approximate surface area is 150 Å². The molecule has 0 radical (unpaired) electrons. The van der Waals surface area contributed by atoms with E-state index >= 15 is 0 Å². The maximum atomic E-state index is 14.4. The largest absolute Gasteiger partial charge is 0.207 e. The first-order valence-corrected chi connectivity index (χ1v) is 8.30. The molecule has 0 bridgehead atoms. The molecule has 4 heteroatoms. The van der Waals surface area contributed by atoms with Crippen LogP contribution in [-0.4, -0.2) is 0 Å². The molecule has 0 aliphatic rings. The molecule has 134 valence electrons. The molecule has 0 nitrogen and oxygen atoms in total. The summed E-state index contributed by atoms with van der Waals surface area (Å²) in [4.78, 5) is 0. The Kier molecular flexibility index (Phi) is 5.12. The second kappa shape index (κ2) is 7.32. The summed E-state index contributed by atoms with van der Waals surface area (Å²) in [6, 6.07) is 12.0. The summed E-state index contributed by atoms with van der Waals surface area (Å²) in [5.41, 5.74) is 2.60. The topological polar surface area (TPSA) is 0 Å². The lowest BCUT2D eigenvalue weighted by Crippen LogP contribution is -1.99. The highest BCUT2D eigenvalue weighted by Crippen LogP contribution is 2.21. The molecule has 3 aromatic carbocycles. The molecular weight excluding hydrogens is 340 g/mol. The normalized spacial score (nSPS) is 11.0. The number of rotatable bonds is 4. The van der Waals surface area contributed by atoms with E-state index < -0.39 is 17.5 Å². The minimum absolute atomic E-state index is 0.0512. The van der Waals surface area contributed by atoms with Crippen LogP contribution in [0.3, 0.4) is 0 Å². The third-order valence-corrected chi connectivity index (χ3v) is 4.46. The maximum Gasteiger partial charge on any atom is 0.129 e. The lowest BCUT2D eigenvalue weighted by Gasteiger charge is -2.09. The zero-order valence-electron chi connectivity index (χ0n) is 14.5. The fraction of sp³-hybridized carbons (Fsp3) is 0.182. The predicted octanol–water partition coefficient (Wildman–Crippen LogP) is 6.04. The second-order valence-corrected chi connectivity index (χ2v) is 6.56. The molecule has 0 heterocycles. The van der Waals surface area contributed by atoms with Crippen LogP contribution in [0.25, 0.3) is 0 Å². The first kappa shape index (κ1) is 18.2. The van der Waals surface area contributed by atoms with Crippen molar-refractivity contribution in [2.45, 2.75) is 26.7 Å². The van der Waals surface area contributed by atoms with Crippen LogP contribution in [0.1, 0.15) is 33.4 Å². The van der Waals surface area contributed by atoms with Gasteiger partial charge in [0.1, 0.15) is 23.3 Å². The van der Waals surface area contributed by atoms with Gasteiger partial charge in [-0.05, 0) is 65.9 Å². The molecule has 0 aliphatic carbocycles. The third kappa shape index (κ3) is 3.96. The molecule has 3 rings (SSSR count). The highest BCUT2D eigenvalue weighted by atomic mass is 19.1. The molecule has 0 fully saturated rings. The van der Waals surface area contributed by atoms with E-state index in [0.717, 1.165) is 5.56 Å². The third-order valence-electron chi connectivity index (χ3n) is 4.46. The van der Waals surface area contributed by atoms with Crippen LogP contribution >= 0.6 is 0 Å². The number of hydrogen-bond donors (Lipinski definition) is 0. The minimum Gasteiger partial charge on any atom is -0.207 e. The van der Waals surface area contributed by atoms with Crippen molar-refractivity contribution in [3.8, 4) is 0 Å². The molecule has 26 heavy (non-hydrogen) atoms. The van der Waals surface area contributed by atoms with Crippen molar-refractivity contribution in [1.29, 1.82) is 0 Å². The average molecular weight is 358 g/mol. The predicted molar refractivity (Wildman–Crippen MR) is 94.2 cm³/mol. The van der Waals surface area contributed by atoms with Gasteiger partial charge in [-0.25, -0.2) is 17.6 Å². The molecule has 3 aromatic rings. The van der Waals surface area contributed by atoms with E-state index in [1.54, 1.807) is 25.1 Å². The van der Waals surface area contributed by atoms with Crippen LogP contribution in [0.5, 0.6) is 0 Å². The second-order valence-electron chi connectivity index (χ2n) is 6.56. The Morgan fingerprint density at radius 3 is 1.65 bits per heavy atom. The van der Waals surface area contributed by atoms with E-state index in [2.05, 4.69) is 0 Å². The highest BCUT2D eigenvalue weighted by Gasteiger charge is 2.11. The van der Waals surface area contributed by atoms with E-state index in [0.29, 0.717) is 22.3 Å². The highest BCUT2D eigenvalue weighted by molar-refractivity contribution is 5.35. The average Bonchev–Trinajstić information content (AvgIpc) is 2.57. The van der Waals surface area contributed by atoms with Crippen LogP contribution < -0.4 is 0 Å². The molecule has 0 amide bonds. The van der Waals surface area contributed by atoms with Crippen LogP contribution in [0.4, 0.5) is 17.6 Å². The molecule has 0 aliphatic heterocycles. The number of benzene rings is 3. The van der Waals surface area contributed by atoms with E-state index in [-0.39, 0.29) is 24.2 Å². The van der Waals surface area contributed by atoms with Crippen molar-refractivity contribution in [1.82, 2.24) is 0 Å². The number of halogens is 4. The maximum absolute atomic E-state index is 14.4. The SMILES string of the molecule is Cc1ccc(Cc2ccc(Cc3cc(F)c(C)c(F)c3)c(F)c2)c(F)c1. The summed E-state index contributed by atoms with van der Waals surface area (Å²) >= 11 is 0. The zero-order valence-corrected chi connectivity index (χ0v) is 14.5. The van der Waals surface area contributed by atoms with Crippen LogP contribution in [-0.2, 0) is 12.8 Å². The van der Waals surface area contributed by atoms with Gasteiger partial charge in [-0.15, -0.1) is 0 Å². The van der Waals surface area contributed by atoms with Crippen molar-refractivity contribution in [3.05, 3.63) is 105 Å². The summed E-state index contributed by atoms with van der Waals surface area (Å²) in [7, 11) is 0. The molecule has 0 saturated carbocycles. The summed E-state index contributed by atoms with van der Waals surface area (Å²) in [5.74, 6) is -2.09. The van der Waals surface area contributed by atoms with Crippen molar-refractivity contribution < 1.29 is 17.6 Å². The van der Waals surface area contributed by atoms with E-state index in [4.69, 9.17) is 0 Å². The van der Waals surface area contributed by atoms with E-state index in [1.165, 1.54) is 31.2 Å². The van der Waals surface area contributed by atoms with Crippen molar-refractivity contribution in [2.75, 3.05) is 0 Å². The van der Waals surface area contributed by atoms with Gasteiger partial charge >= 0.3 is 0 Å². The van der Waals surface area contributed by atoms with Crippen molar-refractivity contribution in [2.24, 2.45) is 0 Å². The van der Waals surface area contributed by atoms with Crippen molar-refractivity contribution >= 4 is 0 Å². The Bertz CT molecular complexity index is 937. The standard InChI is InChI=1S/C22H18F4/c1-13-3-5-17(21(25)7-13)8-15-4-6-18(22(26)10-15)9-16-11-19(23)14(2)20(24)12-16/h3-7,10-12H,8-9H2,1-2H3. The van der Waals surface area contributed by atoms with Gasteiger partial charge < -0.3 is 0 Å². The number of aryl methyl sites for hydroxylation is 1. The van der Waals surface area contributed by atoms with Gasteiger partial charge in [0.2, 0.25) is 0 Å². The van der Waals surface area contributed by atoms with Gasteiger partial charge in [-0.3, -0.25) is 0 Å². The number of hydrogen-bond acceptors (Lipinski definition) is 0. The smallest absolute Gasteiger partial charge is 0.129 e. The lowest BCUT2D eigenvalue weighted by molar-refractivity contribution is 0.564. The Morgan fingerprint density at radius 1 is 0.577 bits per heavy atom. The fourth-order valence-electron chi connectivity index (χ4n) is 2.88. The monoisotopic (exact) mass is 358 g/mol. The minimum atomic E-state index is -0.646. The molecule has 0 unspecified atom stereocenters. The van der Waals surface area contributed by atoms with Gasteiger partial charge in [0.15, 0.2) is 0 Å². The molecule has 0 saturated heterocycles. The molecule has 0 N–H and O–H groups in total. The van der Waals surface area contributed by atoms with Crippen molar-refractivity contribution in [3.63, 3.8) is 0 Å². The molecule has 0 aromatic heterocycles. The van der Waals surface area contributed by atoms with E-state index in [1.807, 2.05) is 6.07 Å². The van der Waals surface area contributed by atoms with Crippen LogP contribution in [0.15, 0.2) is 48.5 Å². The van der Waals surface area contributed by atoms with Crippen LogP contribution in [0.2, 0.25) is 0 Å². The summed E-state index contributed by atoms with van der Waals surface area (Å²) in [5, 5.41) is 0. The van der Waals surface area contributed by atoms with Gasteiger partial charge in [0.25, 0.3) is 0 Å². The Balaban J connectivity index is 1.81. The Morgan fingerprint density at radius 2 is 1.08 bits per heavy atom. The van der Waals surface area contributed by atoms with Gasteiger partial charge in [-0.2, -0.15) is 0 Å². The summed E-state index contributed by atoms with van der Waals surface area (Å²) < 4.78 is 55.6. The van der Waals surface area contributed by atoms with Gasteiger partial charge in [0, 0.05) is 18.4 Å². The van der Waals surface area contributed by atoms with Gasteiger partial charge in [0.05, 0.1) is 0 Å². The zero-order chi connectivity index (χ0) is 18.8. The fourth-order valence-corrected chi connectivity index (χ4v) is 2.88.